The first-order chi connectivity index (χ1) is 15.4. The lowest BCUT2D eigenvalue weighted by Gasteiger charge is -2.18. The molecule has 0 spiro atoms. The molecular weight excluding hydrogens is 404 g/mol. The normalized spacial score (nSPS) is 12.0. The van der Waals surface area contributed by atoms with Gasteiger partial charge in [-0.3, -0.25) is 14.6 Å². The van der Waals surface area contributed by atoms with Crippen LogP contribution in [0.4, 0.5) is 0 Å². The number of methoxy groups -OCH3 is 1. The highest BCUT2D eigenvalue weighted by atomic mass is 16.5. The molecule has 7 nitrogen and oxygen atoms in total. The number of hydrogen-bond donors (Lipinski definition) is 2. The third kappa shape index (κ3) is 3.77. The van der Waals surface area contributed by atoms with E-state index in [1.165, 1.54) is 7.11 Å². The van der Waals surface area contributed by atoms with Crippen molar-refractivity contribution in [2.75, 3.05) is 7.11 Å². The Bertz CT molecular complexity index is 1340. The lowest BCUT2D eigenvalue weighted by atomic mass is 10.1. The summed E-state index contributed by atoms with van der Waals surface area (Å²) < 4.78 is 7.51. The topological polar surface area (TPSA) is 89.0 Å². The maximum absolute atomic E-state index is 13.3. The minimum atomic E-state index is -0.271. The van der Waals surface area contributed by atoms with Crippen molar-refractivity contribution in [1.82, 2.24) is 19.9 Å². The van der Waals surface area contributed by atoms with E-state index in [0.717, 1.165) is 22.2 Å². The van der Waals surface area contributed by atoms with Crippen molar-refractivity contribution in [3.63, 3.8) is 0 Å². The predicted octanol–water partition coefficient (Wildman–Crippen LogP) is 3.89. The molecule has 0 saturated heterocycles. The van der Waals surface area contributed by atoms with Gasteiger partial charge in [-0.1, -0.05) is 18.2 Å². The van der Waals surface area contributed by atoms with Gasteiger partial charge in [0.15, 0.2) is 0 Å². The van der Waals surface area contributed by atoms with Crippen LogP contribution in [-0.4, -0.2) is 27.6 Å². The van der Waals surface area contributed by atoms with Crippen molar-refractivity contribution >= 4 is 16.8 Å². The number of amides is 1. The molecule has 164 valence electrons. The van der Waals surface area contributed by atoms with Gasteiger partial charge >= 0.3 is 0 Å². The SMILES string of the molecule is COc1cc(C)[nH]c(=O)c1CNC(=O)c1c(C)n(C(C)c2ccncc2)c2ccccc12. The second kappa shape index (κ2) is 8.70. The van der Waals surface area contributed by atoms with E-state index < -0.39 is 0 Å². The number of hydrogen-bond acceptors (Lipinski definition) is 4. The number of rotatable bonds is 6. The Hall–Kier alpha value is -3.87. The third-order valence-corrected chi connectivity index (χ3v) is 5.83. The molecule has 0 radical (unpaired) electrons. The molecule has 4 rings (SSSR count). The predicted molar refractivity (Wildman–Crippen MR) is 124 cm³/mol. The molecule has 3 aromatic heterocycles. The number of para-hydroxylation sites is 1. The summed E-state index contributed by atoms with van der Waals surface area (Å²) in [5, 5.41) is 3.78. The summed E-state index contributed by atoms with van der Waals surface area (Å²) >= 11 is 0. The highest BCUT2D eigenvalue weighted by Gasteiger charge is 2.23. The molecule has 0 aliphatic heterocycles. The van der Waals surface area contributed by atoms with Gasteiger partial charge in [0.25, 0.3) is 11.5 Å². The Labute approximate surface area is 186 Å². The molecule has 0 bridgehead atoms. The van der Waals surface area contributed by atoms with Crippen molar-refractivity contribution < 1.29 is 9.53 Å². The minimum Gasteiger partial charge on any atom is -0.496 e. The number of aromatic amines is 1. The molecule has 0 saturated carbocycles. The number of fused-ring (bicyclic) bond motifs is 1. The Balaban J connectivity index is 1.72. The van der Waals surface area contributed by atoms with E-state index in [1.807, 2.05) is 43.3 Å². The first kappa shape index (κ1) is 21.4. The smallest absolute Gasteiger partial charge is 0.256 e. The van der Waals surface area contributed by atoms with Crippen LogP contribution >= 0.6 is 0 Å². The molecule has 1 amide bonds. The molecule has 0 aliphatic rings. The fourth-order valence-electron chi connectivity index (χ4n) is 4.26. The summed E-state index contributed by atoms with van der Waals surface area (Å²) in [6, 6.07) is 13.6. The van der Waals surface area contributed by atoms with Crippen LogP contribution in [0.2, 0.25) is 0 Å². The van der Waals surface area contributed by atoms with Crippen LogP contribution in [0.1, 0.15) is 45.8 Å². The van der Waals surface area contributed by atoms with Gasteiger partial charge in [-0.15, -0.1) is 0 Å². The van der Waals surface area contributed by atoms with Crippen LogP contribution in [0.3, 0.4) is 0 Å². The van der Waals surface area contributed by atoms with Gasteiger partial charge in [0.1, 0.15) is 5.75 Å². The maximum atomic E-state index is 13.3. The first-order valence-corrected chi connectivity index (χ1v) is 10.5. The Kier molecular flexibility index (Phi) is 5.81. The van der Waals surface area contributed by atoms with Crippen LogP contribution in [-0.2, 0) is 6.54 Å². The lowest BCUT2D eigenvalue weighted by Crippen LogP contribution is -2.28. The highest BCUT2D eigenvalue weighted by Crippen LogP contribution is 2.31. The van der Waals surface area contributed by atoms with Crippen molar-refractivity contribution in [3.05, 3.63) is 93.3 Å². The van der Waals surface area contributed by atoms with Gasteiger partial charge in [0.2, 0.25) is 0 Å². The molecule has 1 unspecified atom stereocenters. The van der Waals surface area contributed by atoms with E-state index in [2.05, 4.69) is 26.8 Å². The summed E-state index contributed by atoms with van der Waals surface area (Å²) in [6.45, 7) is 5.91. The minimum absolute atomic E-state index is 0.0180. The third-order valence-electron chi connectivity index (χ3n) is 5.83. The van der Waals surface area contributed by atoms with Gasteiger partial charge in [-0.25, -0.2) is 0 Å². The number of aromatic nitrogens is 3. The van der Waals surface area contributed by atoms with E-state index in [1.54, 1.807) is 25.4 Å². The molecule has 3 heterocycles. The van der Waals surface area contributed by atoms with E-state index in [-0.39, 0.29) is 24.1 Å². The molecule has 1 aromatic carbocycles. The van der Waals surface area contributed by atoms with Gasteiger partial charge in [0, 0.05) is 34.7 Å². The number of carbonyl (C=O) groups is 1. The highest BCUT2D eigenvalue weighted by molar-refractivity contribution is 6.08. The van der Waals surface area contributed by atoms with Crippen molar-refractivity contribution in [3.8, 4) is 5.75 Å². The van der Waals surface area contributed by atoms with E-state index in [4.69, 9.17) is 4.74 Å². The Morgan fingerprint density at radius 1 is 1.19 bits per heavy atom. The zero-order chi connectivity index (χ0) is 22.8. The number of pyridine rings is 2. The number of H-pyrrole nitrogens is 1. The summed E-state index contributed by atoms with van der Waals surface area (Å²) in [5.74, 6) is 0.221. The average Bonchev–Trinajstić information content (AvgIpc) is 3.09. The summed E-state index contributed by atoms with van der Waals surface area (Å²) in [7, 11) is 1.51. The Morgan fingerprint density at radius 3 is 2.62 bits per heavy atom. The van der Waals surface area contributed by atoms with Gasteiger partial charge in [-0.2, -0.15) is 0 Å². The van der Waals surface area contributed by atoms with Gasteiger partial charge in [0.05, 0.1) is 30.8 Å². The monoisotopic (exact) mass is 430 g/mol. The number of aryl methyl sites for hydroxylation is 1. The second-order valence-electron chi connectivity index (χ2n) is 7.82. The van der Waals surface area contributed by atoms with Crippen molar-refractivity contribution in [1.29, 1.82) is 0 Å². The Morgan fingerprint density at radius 2 is 1.91 bits per heavy atom. The molecule has 1 atom stereocenters. The summed E-state index contributed by atoms with van der Waals surface area (Å²) in [4.78, 5) is 32.6. The van der Waals surface area contributed by atoms with E-state index >= 15 is 0 Å². The van der Waals surface area contributed by atoms with Gasteiger partial charge in [-0.05, 0) is 50.6 Å². The molecular formula is C25H26N4O3. The van der Waals surface area contributed by atoms with Crippen LogP contribution in [0.25, 0.3) is 10.9 Å². The molecule has 2 N–H and O–H groups in total. The molecule has 4 aromatic rings. The quantitative estimate of drug-likeness (QED) is 0.486. The van der Waals surface area contributed by atoms with Crippen LogP contribution < -0.4 is 15.6 Å². The number of carbonyl (C=O) groups excluding carboxylic acids is 1. The maximum Gasteiger partial charge on any atom is 0.256 e. The van der Waals surface area contributed by atoms with Crippen LogP contribution in [0.15, 0.2) is 59.7 Å². The summed E-state index contributed by atoms with van der Waals surface area (Å²) in [5.41, 5.74) is 4.36. The fraction of sp³-hybridized carbons (Fsp3) is 0.240. The lowest BCUT2D eigenvalue weighted by molar-refractivity contribution is 0.0951. The molecule has 7 heteroatoms. The first-order valence-electron chi connectivity index (χ1n) is 10.5. The number of ether oxygens (including phenoxy) is 1. The standard InChI is InChI=1S/C25H26N4O3/c1-15-13-22(32-4)20(24(30)28-15)14-27-25(31)23-17(3)29(21-8-6-5-7-19(21)23)16(2)18-9-11-26-12-10-18/h5-13,16H,14H2,1-4H3,(H,27,31)(H,28,30). The largest absolute Gasteiger partial charge is 0.496 e. The fourth-order valence-corrected chi connectivity index (χ4v) is 4.26. The number of nitrogens with zero attached hydrogens (tertiary/aromatic N) is 2. The molecule has 32 heavy (non-hydrogen) atoms. The van der Waals surface area contributed by atoms with Gasteiger partial charge < -0.3 is 19.6 Å². The van der Waals surface area contributed by atoms with E-state index in [9.17, 15) is 9.59 Å². The average molecular weight is 431 g/mol. The van der Waals surface area contributed by atoms with Crippen LogP contribution in [0.5, 0.6) is 5.75 Å². The summed E-state index contributed by atoms with van der Waals surface area (Å²) in [6.07, 6.45) is 3.54. The molecule has 0 aliphatic carbocycles. The number of benzene rings is 1. The molecule has 0 fully saturated rings. The van der Waals surface area contributed by atoms with Crippen molar-refractivity contribution in [2.24, 2.45) is 0 Å². The van der Waals surface area contributed by atoms with Crippen LogP contribution in [0, 0.1) is 13.8 Å². The zero-order valence-electron chi connectivity index (χ0n) is 18.6. The van der Waals surface area contributed by atoms with Crippen molar-refractivity contribution in [2.45, 2.75) is 33.4 Å². The number of nitrogens with one attached hydrogen (secondary N) is 2. The van der Waals surface area contributed by atoms with E-state index in [0.29, 0.717) is 22.6 Å². The second-order valence-corrected chi connectivity index (χ2v) is 7.82. The zero-order valence-corrected chi connectivity index (χ0v) is 18.6.